The fourth-order valence-corrected chi connectivity index (χ4v) is 2.42. The highest BCUT2D eigenvalue weighted by molar-refractivity contribution is 4.93. The molecule has 0 bridgehead atoms. The van der Waals surface area contributed by atoms with Crippen LogP contribution in [0, 0.1) is 11.8 Å². The number of unbranched alkanes of at least 4 members (excludes halogenated alkanes) is 1. The minimum Gasteiger partial charge on any atom is -0.389 e. The van der Waals surface area contributed by atoms with Gasteiger partial charge >= 0.3 is 0 Å². The van der Waals surface area contributed by atoms with Gasteiger partial charge in [-0.25, -0.2) is 0 Å². The molecule has 0 aliphatic heterocycles. The molecular formula is C16H31NO3. The van der Waals surface area contributed by atoms with Crippen LogP contribution in [0.3, 0.4) is 0 Å². The summed E-state index contributed by atoms with van der Waals surface area (Å²) in [4.78, 5) is 0. The maximum atomic E-state index is 9.82. The molecule has 4 nitrogen and oxygen atoms in total. The monoisotopic (exact) mass is 285 g/mol. The lowest BCUT2D eigenvalue weighted by molar-refractivity contribution is 0.0129. The third kappa shape index (κ3) is 8.00. The van der Waals surface area contributed by atoms with E-state index in [1.807, 2.05) is 0 Å². The number of nitrogens with one attached hydrogen (secondary N) is 1. The molecule has 0 radical (unpaired) electrons. The van der Waals surface area contributed by atoms with Gasteiger partial charge in [-0.05, 0) is 44.1 Å². The fourth-order valence-electron chi connectivity index (χ4n) is 2.42. The number of rotatable bonds is 11. The van der Waals surface area contributed by atoms with Crippen molar-refractivity contribution in [2.75, 3.05) is 40.0 Å². The van der Waals surface area contributed by atoms with E-state index in [2.05, 4.69) is 24.4 Å². The molecule has 0 aromatic rings. The van der Waals surface area contributed by atoms with Crippen LogP contribution < -0.4 is 5.32 Å². The second kappa shape index (κ2) is 11.3. The number of ether oxygens (including phenoxy) is 2. The van der Waals surface area contributed by atoms with Crippen LogP contribution in [0.15, 0.2) is 12.2 Å². The number of aliphatic hydroxyl groups excluding tert-OH is 1. The molecule has 0 spiro atoms. The quantitative estimate of drug-likeness (QED) is 0.450. The SMILES string of the molecule is COCCCCNCC(O)COCC1CC=CCC1C. The Bertz CT molecular complexity index is 258. The molecule has 0 aromatic heterocycles. The summed E-state index contributed by atoms with van der Waals surface area (Å²) in [6, 6.07) is 0. The highest BCUT2D eigenvalue weighted by Crippen LogP contribution is 2.24. The van der Waals surface area contributed by atoms with Crippen molar-refractivity contribution >= 4 is 0 Å². The lowest BCUT2D eigenvalue weighted by Gasteiger charge is -2.25. The van der Waals surface area contributed by atoms with Crippen molar-refractivity contribution in [2.45, 2.75) is 38.7 Å². The first-order valence-electron chi connectivity index (χ1n) is 7.84. The van der Waals surface area contributed by atoms with Crippen LogP contribution in [0.25, 0.3) is 0 Å². The third-order valence-electron chi connectivity index (χ3n) is 3.89. The number of methoxy groups -OCH3 is 1. The average molecular weight is 285 g/mol. The van der Waals surface area contributed by atoms with Crippen molar-refractivity contribution in [1.82, 2.24) is 5.32 Å². The minimum absolute atomic E-state index is 0.410. The Labute approximate surface area is 123 Å². The van der Waals surface area contributed by atoms with Gasteiger partial charge in [0.15, 0.2) is 0 Å². The second-order valence-corrected chi connectivity index (χ2v) is 5.78. The average Bonchev–Trinajstić information content (AvgIpc) is 2.45. The van der Waals surface area contributed by atoms with Crippen molar-refractivity contribution in [3.05, 3.63) is 12.2 Å². The molecule has 0 aromatic carbocycles. The van der Waals surface area contributed by atoms with E-state index < -0.39 is 6.10 Å². The summed E-state index contributed by atoms with van der Waals surface area (Å²) in [5.41, 5.74) is 0. The molecule has 20 heavy (non-hydrogen) atoms. The van der Waals surface area contributed by atoms with E-state index >= 15 is 0 Å². The van der Waals surface area contributed by atoms with Gasteiger partial charge < -0.3 is 19.9 Å². The lowest BCUT2D eigenvalue weighted by Crippen LogP contribution is -2.32. The number of allylic oxidation sites excluding steroid dienone is 2. The van der Waals surface area contributed by atoms with Crippen LogP contribution in [-0.2, 0) is 9.47 Å². The zero-order valence-corrected chi connectivity index (χ0v) is 13.0. The maximum absolute atomic E-state index is 9.82. The number of hydrogen-bond acceptors (Lipinski definition) is 4. The van der Waals surface area contributed by atoms with Crippen LogP contribution in [0.4, 0.5) is 0 Å². The Morgan fingerprint density at radius 3 is 2.85 bits per heavy atom. The summed E-state index contributed by atoms with van der Waals surface area (Å²) >= 11 is 0. The summed E-state index contributed by atoms with van der Waals surface area (Å²) in [5, 5.41) is 13.1. The van der Waals surface area contributed by atoms with Gasteiger partial charge in [0.25, 0.3) is 0 Å². The molecule has 2 N–H and O–H groups in total. The van der Waals surface area contributed by atoms with Crippen molar-refractivity contribution in [3.63, 3.8) is 0 Å². The second-order valence-electron chi connectivity index (χ2n) is 5.78. The molecule has 1 aliphatic carbocycles. The molecule has 0 fully saturated rings. The van der Waals surface area contributed by atoms with Gasteiger partial charge in [0.05, 0.1) is 19.3 Å². The molecular weight excluding hydrogens is 254 g/mol. The molecule has 3 atom stereocenters. The van der Waals surface area contributed by atoms with Crippen LogP contribution in [0.1, 0.15) is 32.6 Å². The normalized spacial score (nSPS) is 23.9. The van der Waals surface area contributed by atoms with Gasteiger partial charge in [-0.1, -0.05) is 19.1 Å². The standard InChI is InChI=1S/C16H31NO3/c1-14-7-3-4-8-15(14)12-20-13-16(18)11-17-9-5-6-10-19-2/h3-4,14-18H,5-13H2,1-2H3. The van der Waals surface area contributed by atoms with E-state index in [0.717, 1.165) is 45.4 Å². The summed E-state index contributed by atoms with van der Waals surface area (Å²) in [7, 11) is 1.72. The summed E-state index contributed by atoms with van der Waals surface area (Å²) < 4.78 is 10.6. The topological polar surface area (TPSA) is 50.7 Å². The van der Waals surface area contributed by atoms with Crippen molar-refractivity contribution < 1.29 is 14.6 Å². The van der Waals surface area contributed by atoms with E-state index in [-0.39, 0.29) is 0 Å². The minimum atomic E-state index is -0.410. The first-order valence-corrected chi connectivity index (χ1v) is 7.84. The van der Waals surface area contributed by atoms with Crippen molar-refractivity contribution in [1.29, 1.82) is 0 Å². The summed E-state index contributed by atoms with van der Waals surface area (Å²) in [6.07, 6.45) is 8.48. The smallest absolute Gasteiger partial charge is 0.0897 e. The molecule has 0 heterocycles. The van der Waals surface area contributed by atoms with Gasteiger partial charge in [-0.15, -0.1) is 0 Å². The zero-order valence-electron chi connectivity index (χ0n) is 13.0. The highest BCUT2D eigenvalue weighted by atomic mass is 16.5. The van der Waals surface area contributed by atoms with E-state index in [4.69, 9.17) is 9.47 Å². The Hall–Kier alpha value is -0.420. The van der Waals surface area contributed by atoms with E-state index in [1.165, 1.54) is 0 Å². The molecule has 0 saturated carbocycles. The first-order chi connectivity index (χ1) is 9.74. The van der Waals surface area contributed by atoms with Gasteiger partial charge in [-0.3, -0.25) is 0 Å². The molecule has 118 valence electrons. The summed E-state index contributed by atoms with van der Waals surface area (Å²) in [6.45, 7) is 5.79. The lowest BCUT2D eigenvalue weighted by atomic mass is 9.85. The molecule has 0 amide bonds. The Balaban J connectivity index is 1.94. The Morgan fingerprint density at radius 2 is 2.10 bits per heavy atom. The van der Waals surface area contributed by atoms with Crippen molar-refractivity contribution in [3.8, 4) is 0 Å². The van der Waals surface area contributed by atoms with E-state index in [9.17, 15) is 5.11 Å². The maximum Gasteiger partial charge on any atom is 0.0897 e. The molecule has 1 aliphatic rings. The Kier molecular flexibility index (Phi) is 9.93. The third-order valence-corrected chi connectivity index (χ3v) is 3.89. The van der Waals surface area contributed by atoms with Crippen molar-refractivity contribution in [2.24, 2.45) is 11.8 Å². The van der Waals surface area contributed by atoms with Gasteiger partial charge in [-0.2, -0.15) is 0 Å². The fraction of sp³-hybridized carbons (Fsp3) is 0.875. The van der Waals surface area contributed by atoms with Gasteiger partial charge in [0.2, 0.25) is 0 Å². The number of aliphatic hydroxyl groups is 1. The molecule has 0 saturated heterocycles. The first kappa shape index (κ1) is 17.6. The molecule has 1 rings (SSSR count). The predicted octanol–water partition coefficient (Wildman–Crippen LogP) is 1.98. The van der Waals surface area contributed by atoms with E-state index in [0.29, 0.717) is 25.0 Å². The number of hydrogen-bond donors (Lipinski definition) is 2. The van der Waals surface area contributed by atoms with Gasteiger partial charge in [0, 0.05) is 20.3 Å². The largest absolute Gasteiger partial charge is 0.389 e. The molecule has 3 unspecified atom stereocenters. The van der Waals surface area contributed by atoms with E-state index in [1.54, 1.807) is 7.11 Å². The Morgan fingerprint density at radius 1 is 1.30 bits per heavy atom. The van der Waals surface area contributed by atoms with Gasteiger partial charge in [0.1, 0.15) is 0 Å². The van der Waals surface area contributed by atoms with Crippen LogP contribution in [0.5, 0.6) is 0 Å². The summed E-state index contributed by atoms with van der Waals surface area (Å²) in [5.74, 6) is 1.30. The van der Waals surface area contributed by atoms with Crippen LogP contribution in [-0.4, -0.2) is 51.2 Å². The van der Waals surface area contributed by atoms with Crippen LogP contribution >= 0.6 is 0 Å². The van der Waals surface area contributed by atoms with Crippen LogP contribution in [0.2, 0.25) is 0 Å². The molecule has 4 heteroatoms. The highest BCUT2D eigenvalue weighted by Gasteiger charge is 2.18. The zero-order chi connectivity index (χ0) is 14.6. The predicted molar refractivity (Wildman–Crippen MR) is 81.8 cm³/mol.